The number of nitrogens with zero attached hydrogens (tertiary/aromatic N) is 4. The molecule has 0 bridgehead atoms. The lowest BCUT2D eigenvalue weighted by Gasteiger charge is -2.18. The number of aromatic nitrogens is 4. The van der Waals surface area contributed by atoms with Gasteiger partial charge in [-0.3, -0.25) is 0 Å². The van der Waals surface area contributed by atoms with Crippen molar-refractivity contribution in [2.45, 2.75) is 6.42 Å². The topological polar surface area (TPSA) is 51.6 Å². The monoisotopic (exact) mass is 598 g/mol. The minimum Gasteiger partial charge on any atom is -0.249 e. The van der Waals surface area contributed by atoms with Crippen LogP contribution < -0.4 is 0 Å². The molecule has 8 aromatic rings. The van der Waals surface area contributed by atoms with Gasteiger partial charge in [-0.15, -0.1) is 0 Å². The average molecular weight is 599 g/mol. The fourth-order valence-electron chi connectivity index (χ4n) is 7.64. The molecular formula is C43H26N4. The van der Waals surface area contributed by atoms with Crippen molar-refractivity contribution < 1.29 is 0 Å². The summed E-state index contributed by atoms with van der Waals surface area (Å²) in [4.78, 5) is 18.5. The number of benzene rings is 6. The van der Waals surface area contributed by atoms with Gasteiger partial charge in [-0.2, -0.15) is 0 Å². The van der Waals surface area contributed by atoms with Crippen molar-refractivity contribution in [1.29, 1.82) is 0 Å². The van der Waals surface area contributed by atoms with Gasteiger partial charge in [-0.1, -0.05) is 115 Å². The minimum atomic E-state index is 0.582. The van der Waals surface area contributed by atoms with Gasteiger partial charge < -0.3 is 0 Å². The van der Waals surface area contributed by atoms with Crippen LogP contribution in [0.5, 0.6) is 0 Å². The summed E-state index contributed by atoms with van der Waals surface area (Å²) in [5.74, 6) is 0. The highest BCUT2D eigenvalue weighted by Crippen LogP contribution is 2.50. The largest absolute Gasteiger partial charge is 0.249 e. The standard InChI is InChI=1S/C43H26N4/c1-2-8-27(9-3-1)39-34-14-6-11-26-12-7-15-35(38(26)34)40(39)37-24-29(18-19-33(37)41-42-43(47-25-46-41)45-21-20-44-42)28-16-17-31-22-30-10-4-5-13-32(30)36(31)23-28/h1-21,23-25H,22H2. The summed E-state index contributed by atoms with van der Waals surface area (Å²) in [5, 5.41) is 2.51. The van der Waals surface area contributed by atoms with Gasteiger partial charge in [0, 0.05) is 18.0 Å². The van der Waals surface area contributed by atoms with Crippen molar-refractivity contribution in [3.8, 4) is 33.5 Å². The summed E-state index contributed by atoms with van der Waals surface area (Å²) < 4.78 is 0. The Balaban J connectivity index is 1.28. The van der Waals surface area contributed by atoms with E-state index in [-0.39, 0.29) is 0 Å². The van der Waals surface area contributed by atoms with Gasteiger partial charge in [0.2, 0.25) is 0 Å². The first-order valence-electron chi connectivity index (χ1n) is 15.9. The van der Waals surface area contributed by atoms with Gasteiger partial charge in [0.05, 0.1) is 0 Å². The number of rotatable bonds is 4. The number of fused-ring (bicyclic) bond motifs is 4. The van der Waals surface area contributed by atoms with Gasteiger partial charge in [-0.05, 0) is 96.1 Å². The normalized spacial score (nSPS) is 12.9. The molecule has 0 saturated heterocycles. The van der Waals surface area contributed by atoms with Crippen LogP contribution in [0.1, 0.15) is 33.4 Å². The molecule has 4 nitrogen and oxygen atoms in total. The molecule has 47 heavy (non-hydrogen) atoms. The maximum atomic E-state index is 4.84. The highest BCUT2D eigenvalue weighted by atomic mass is 14.9. The third-order valence-corrected chi connectivity index (χ3v) is 9.70. The summed E-state index contributed by atoms with van der Waals surface area (Å²) in [7, 11) is 0. The highest BCUT2D eigenvalue weighted by molar-refractivity contribution is 6.22. The van der Waals surface area contributed by atoms with Crippen LogP contribution >= 0.6 is 0 Å². The zero-order valence-corrected chi connectivity index (χ0v) is 25.4. The quantitative estimate of drug-likeness (QED) is 0.202. The molecule has 2 aliphatic rings. The van der Waals surface area contributed by atoms with E-state index >= 15 is 0 Å². The van der Waals surface area contributed by atoms with Crippen molar-refractivity contribution >= 4 is 33.1 Å². The maximum absolute atomic E-state index is 4.84. The van der Waals surface area contributed by atoms with Gasteiger partial charge in [0.15, 0.2) is 5.65 Å². The zero-order chi connectivity index (χ0) is 30.9. The summed E-state index contributed by atoms with van der Waals surface area (Å²) in [5.41, 5.74) is 18.0. The predicted molar refractivity (Wildman–Crippen MR) is 190 cm³/mol. The van der Waals surface area contributed by atoms with E-state index in [4.69, 9.17) is 9.97 Å². The molecule has 0 amide bonds. The summed E-state index contributed by atoms with van der Waals surface area (Å²) in [6.07, 6.45) is 5.97. The minimum absolute atomic E-state index is 0.582. The van der Waals surface area contributed by atoms with Crippen LogP contribution in [0.25, 0.3) is 66.6 Å². The van der Waals surface area contributed by atoms with Gasteiger partial charge in [0.1, 0.15) is 17.5 Å². The fourth-order valence-corrected chi connectivity index (χ4v) is 7.64. The van der Waals surface area contributed by atoms with Crippen molar-refractivity contribution in [2.24, 2.45) is 0 Å². The molecule has 0 saturated carbocycles. The van der Waals surface area contributed by atoms with E-state index in [0.717, 1.165) is 28.8 Å². The lowest BCUT2D eigenvalue weighted by molar-refractivity contribution is 1.15. The van der Waals surface area contributed by atoms with Crippen LogP contribution in [0.2, 0.25) is 0 Å². The Hall–Kier alpha value is -6.26. The number of hydrogen-bond acceptors (Lipinski definition) is 4. The first-order chi connectivity index (χ1) is 23.3. The molecule has 2 aromatic heterocycles. The summed E-state index contributed by atoms with van der Waals surface area (Å²) in [6, 6.07) is 46.5. The molecule has 10 rings (SSSR count). The van der Waals surface area contributed by atoms with Crippen LogP contribution in [0.4, 0.5) is 0 Å². The third kappa shape index (κ3) is 3.95. The Morgan fingerprint density at radius 3 is 2.00 bits per heavy atom. The van der Waals surface area contributed by atoms with E-state index in [1.165, 1.54) is 66.4 Å². The molecule has 0 fully saturated rings. The van der Waals surface area contributed by atoms with Crippen molar-refractivity contribution in [2.75, 3.05) is 0 Å². The lowest BCUT2D eigenvalue weighted by Crippen LogP contribution is -1.99. The lowest BCUT2D eigenvalue weighted by atomic mass is 9.86. The molecule has 0 atom stereocenters. The molecule has 2 aliphatic carbocycles. The second-order valence-corrected chi connectivity index (χ2v) is 12.2. The Morgan fingerprint density at radius 1 is 0.426 bits per heavy atom. The van der Waals surface area contributed by atoms with Crippen molar-refractivity contribution in [1.82, 2.24) is 19.9 Å². The third-order valence-electron chi connectivity index (χ3n) is 9.70. The number of hydrogen-bond donors (Lipinski definition) is 0. The Labute approximate surface area is 271 Å². The molecule has 218 valence electrons. The fraction of sp³-hybridized carbons (Fsp3) is 0.0233. The highest BCUT2D eigenvalue weighted by Gasteiger charge is 2.29. The predicted octanol–water partition coefficient (Wildman–Crippen LogP) is 9.80. The first-order valence-corrected chi connectivity index (χ1v) is 15.9. The zero-order valence-electron chi connectivity index (χ0n) is 25.4. The van der Waals surface area contributed by atoms with E-state index in [2.05, 4.69) is 137 Å². The van der Waals surface area contributed by atoms with E-state index in [0.29, 0.717) is 11.2 Å². The van der Waals surface area contributed by atoms with Crippen LogP contribution in [0.3, 0.4) is 0 Å². The maximum Gasteiger partial charge on any atom is 0.181 e. The van der Waals surface area contributed by atoms with E-state index < -0.39 is 0 Å². The Morgan fingerprint density at radius 2 is 1.13 bits per heavy atom. The van der Waals surface area contributed by atoms with E-state index in [9.17, 15) is 0 Å². The van der Waals surface area contributed by atoms with Crippen LogP contribution in [0.15, 0.2) is 146 Å². The van der Waals surface area contributed by atoms with Gasteiger partial charge in [0.25, 0.3) is 0 Å². The SMILES string of the molecule is c1ccc(C2=C(c3cc(-c4ccc5c(c4)-c4ccccc4C5)ccc3-c3ncnc4nccnc34)c3cccc4cccc2c34)cc1. The first kappa shape index (κ1) is 26.0. The Kier molecular flexibility index (Phi) is 5.60. The molecule has 0 aliphatic heterocycles. The van der Waals surface area contributed by atoms with Crippen molar-refractivity contribution in [3.05, 3.63) is 179 Å². The molecule has 0 unspecified atom stereocenters. The average Bonchev–Trinajstić information content (AvgIpc) is 3.68. The van der Waals surface area contributed by atoms with E-state index in [1.807, 2.05) is 0 Å². The van der Waals surface area contributed by atoms with Gasteiger partial charge >= 0.3 is 0 Å². The molecule has 6 aromatic carbocycles. The van der Waals surface area contributed by atoms with E-state index in [1.54, 1.807) is 18.7 Å². The molecule has 2 heterocycles. The smallest absolute Gasteiger partial charge is 0.181 e. The van der Waals surface area contributed by atoms with Crippen LogP contribution in [0, 0.1) is 0 Å². The summed E-state index contributed by atoms with van der Waals surface area (Å²) >= 11 is 0. The Bertz CT molecular complexity index is 2590. The van der Waals surface area contributed by atoms with Crippen LogP contribution in [-0.2, 0) is 6.42 Å². The second kappa shape index (κ2) is 10.1. The molecule has 4 heteroatoms. The van der Waals surface area contributed by atoms with Crippen molar-refractivity contribution in [3.63, 3.8) is 0 Å². The second-order valence-electron chi connectivity index (χ2n) is 12.2. The molecular weight excluding hydrogens is 573 g/mol. The molecule has 0 N–H and O–H groups in total. The van der Waals surface area contributed by atoms with Gasteiger partial charge in [-0.25, -0.2) is 19.9 Å². The summed E-state index contributed by atoms with van der Waals surface area (Å²) in [6.45, 7) is 0. The molecule has 0 radical (unpaired) electrons. The molecule has 0 spiro atoms. The van der Waals surface area contributed by atoms with Crippen LogP contribution in [-0.4, -0.2) is 19.9 Å².